The van der Waals surface area contributed by atoms with Crippen LogP contribution in [0.2, 0.25) is 0 Å². The number of benzene rings is 1. The van der Waals surface area contributed by atoms with Gasteiger partial charge in [0, 0.05) is 36.5 Å². The van der Waals surface area contributed by atoms with E-state index in [1.54, 1.807) is 4.57 Å². The van der Waals surface area contributed by atoms with E-state index in [2.05, 4.69) is 17.1 Å². The van der Waals surface area contributed by atoms with Gasteiger partial charge in [0.1, 0.15) is 22.9 Å². The normalized spacial score (nSPS) is 22.7. The summed E-state index contributed by atoms with van der Waals surface area (Å²) in [6.07, 6.45) is 4.12. The molecule has 0 radical (unpaired) electrons. The van der Waals surface area contributed by atoms with E-state index in [0.717, 1.165) is 25.3 Å². The molecule has 176 valence electrons. The summed E-state index contributed by atoms with van der Waals surface area (Å²) in [4.78, 5) is 40.1. The molecule has 1 amide bonds. The molecule has 1 saturated heterocycles. The Morgan fingerprint density at radius 1 is 1.33 bits per heavy atom. The second kappa shape index (κ2) is 8.70. The van der Waals surface area contributed by atoms with Crippen molar-refractivity contribution in [1.82, 2.24) is 14.8 Å². The van der Waals surface area contributed by atoms with Crippen molar-refractivity contribution in [2.75, 3.05) is 13.6 Å². The van der Waals surface area contributed by atoms with Crippen molar-refractivity contribution in [2.24, 2.45) is 0 Å². The zero-order valence-corrected chi connectivity index (χ0v) is 18.7. The van der Waals surface area contributed by atoms with Crippen molar-refractivity contribution in [3.63, 3.8) is 0 Å². The van der Waals surface area contributed by atoms with Crippen LogP contribution in [0.3, 0.4) is 0 Å². The lowest BCUT2D eigenvalue weighted by molar-refractivity contribution is 0.0944. The van der Waals surface area contributed by atoms with E-state index in [1.165, 1.54) is 6.07 Å². The van der Waals surface area contributed by atoms with Gasteiger partial charge in [0.05, 0.1) is 5.54 Å². The maximum atomic E-state index is 14.0. The Kier molecular flexibility index (Phi) is 6.09. The summed E-state index contributed by atoms with van der Waals surface area (Å²) in [5.74, 6) is -3.08. The Balaban J connectivity index is 1.76. The molecule has 1 aromatic carbocycles. The van der Waals surface area contributed by atoms with E-state index >= 15 is 0 Å². The topological polar surface area (TPSA) is 91.6 Å². The average Bonchev–Trinajstić information content (AvgIpc) is 3.04. The zero-order chi connectivity index (χ0) is 23.9. The fourth-order valence-corrected chi connectivity index (χ4v) is 5.27. The maximum absolute atomic E-state index is 14.0. The molecule has 2 atom stereocenters. The Morgan fingerprint density at radius 2 is 2.09 bits per heavy atom. The molecule has 2 aromatic rings. The van der Waals surface area contributed by atoms with Gasteiger partial charge in [0.25, 0.3) is 5.91 Å². The second-order valence-corrected chi connectivity index (χ2v) is 9.14. The fraction of sp³-hybridized carbons (Fsp3) is 0.458. The van der Waals surface area contributed by atoms with Crippen molar-refractivity contribution in [3.05, 3.63) is 62.6 Å². The second-order valence-electron chi connectivity index (χ2n) is 9.14. The minimum Gasteiger partial charge on any atom is -0.503 e. The van der Waals surface area contributed by atoms with Crippen molar-refractivity contribution in [3.8, 4) is 5.75 Å². The number of aromatic hydroxyl groups is 1. The highest BCUT2D eigenvalue weighted by molar-refractivity contribution is 5.96. The van der Waals surface area contributed by atoms with Gasteiger partial charge in [-0.2, -0.15) is 0 Å². The van der Waals surface area contributed by atoms with Crippen LogP contribution in [0.25, 0.3) is 0 Å². The quantitative estimate of drug-likeness (QED) is 0.686. The van der Waals surface area contributed by atoms with Crippen LogP contribution in [0, 0.1) is 11.6 Å². The van der Waals surface area contributed by atoms with Gasteiger partial charge in [0.15, 0.2) is 12.0 Å². The molecular weight excluding hydrogens is 432 g/mol. The third-order valence-electron chi connectivity index (χ3n) is 7.14. The minimum absolute atomic E-state index is 0.0612. The first-order chi connectivity index (χ1) is 15.7. The number of aldehydes is 1. The summed E-state index contributed by atoms with van der Waals surface area (Å²) in [5, 5.41) is 13.1. The van der Waals surface area contributed by atoms with Gasteiger partial charge in [-0.05, 0) is 52.1 Å². The minimum atomic E-state index is -0.923. The summed E-state index contributed by atoms with van der Waals surface area (Å²) < 4.78 is 28.8. The van der Waals surface area contributed by atoms with Crippen LogP contribution in [-0.2, 0) is 18.5 Å². The number of rotatable bonds is 4. The molecule has 1 fully saturated rings. The van der Waals surface area contributed by atoms with Gasteiger partial charge in [-0.1, -0.05) is 6.07 Å². The lowest BCUT2D eigenvalue weighted by Gasteiger charge is -2.36. The van der Waals surface area contributed by atoms with Crippen LogP contribution in [0.15, 0.2) is 23.0 Å². The number of fused-ring (bicyclic) bond motifs is 2. The molecule has 2 N–H and O–H groups in total. The van der Waals surface area contributed by atoms with E-state index in [0.29, 0.717) is 43.5 Å². The number of pyridine rings is 1. The van der Waals surface area contributed by atoms with Crippen LogP contribution in [0.5, 0.6) is 5.75 Å². The molecule has 7 nitrogen and oxygen atoms in total. The number of likely N-dealkylation sites (tertiary alicyclic amines) is 1. The zero-order valence-electron chi connectivity index (χ0n) is 18.7. The SMILES string of the molecule is CC1CCCC2(CCc3c(C(=O)NCc4ccc(F)cc4F)c(=O)c(O)c(C=O)n32)CN1C. The van der Waals surface area contributed by atoms with E-state index in [4.69, 9.17) is 0 Å². The van der Waals surface area contributed by atoms with Crippen LogP contribution in [0.1, 0.15) is 64.7 Å². The van der Waals surface area contributed by atoms with Crippen LogP contribution in [0.4, 0.5) is 8.78 Å². The molecule has 9 heteroatoms. The number of aromatic nitrogens is 1. The highest BCUT2D eigenvalue weighted by atomic mass is 19.1. The van der Waals surface area contributed by atoms with Crippen LogP contribution >= 0.6 is 0 Å². The van der Waals surface area contributed by atoms with Gasteiger partial charge in [0.2, 0.25) is 5.43 Å². The molecule has 2 aliphatic heterocycles. The van der Waals surface area contributed by atoms with Gasteiger partial charge in [-0.25, -0.2) is 8.78 Å². The predicted octanol–water partition coefficient (Wildman–Crippen LogP) is 2.72. The molecule has 0 bridgehead atoms. The number of hydrogen-bond donors (Lipinski definition) is 2. The van der Waals surface area contributed by atoms with E-state index in [-0.39, 0.29) is 23.4 Å². The standard InChI is InChI=1S/C24H27F2N3O4/c1-14-4-3-8-24(13-28(14)2)9-7-18-20(22(32)21(31)19(12-30)29(18)24)23(33)27-11-15-5-6-16(25)10-17(15)26/h5-6,10,12,14,31H,3-4,7-9,11,13H2,1-2H3,(H,27,33). The van der Waals surface area contributed by atoms with Gasteiger partial charge < -0.3 is 19.9 Å². The third kappa shape index (κ3) is 3.94. The van der Waals surface area contributed by atoms with Gasteiger partial charge >= 0.3 is 0 Å². The van der Waals surface area contributed by atoms with Crippen molar-refractivity contribution >= 4 is 12.2 Å². The lowest BCUT2D eigenvalue weighted by atomic mass is 9.90. The predicted molar refractivity (Wildman–Crippen MR) is 118 cm³/mol. The van der Waals surface area contributed by atoms with Gasteiger partial charge in [-0.3, -0.25) is 14.4 Å². The number of hydrogen-bond acceptors (Lipinski definition) is 5. The molecule has 2 unspecified atom stereocenters. The molecule has 4 rings (SSSR count). The summed E-state index contributed by atoms with van der Waals surface area (Å²) >= 11 is 0. The maximum Gasteiger partial charge on any atom is 0.257 e. The summed E-state index contributed by atoms with van der Waals surface area (Å²) in [6.45, 7) is 2.49. The van der Waals surface area contributed by atoms with E-state index in [1.807, 2.05) is 7.05 Å². The highest BCUT2D eigenvalue weighted by Gasteiger charge is 2.45. The van der Waals surface area contributed by atoms with E-state index < -0.39 is 34.3 Å². The van der Waals surface area contributed by atoms with Crippen molar-refractivity contribution in [2.45, 2.75) is 57.2 Å². The Bertz CT molecular complexity index is 1180. The highest BCUT2D eigenvalue weighted by Crippen LogP contribution is 2.42. The first-order valence-electron chi connectivity index (χ1n) is 11.1. The number of nitrogens with one attached hydrogen (secondary N) is 1. The van der Waals surface area contributed by atoms with Crippen LogP contribution < -0.4 is 10.7 Å². The van der Waals surface area contributed by atoms with Crippen molar-refractivity contribution < 1.29 is 23.5 Å². The van der Waals surface area contributed by atoms with E-state index in [9.17, 15) is 28.3 Å². The molecule has 33 heavy (non-hydrogen) atoms. The third-order valence-corrected chi connectivity index (χ3v) is 7.14. The van der Waals surface area contributed by atoms with Crippen LogP contribution in [-0.4, -0.2) is 46.4 Å². The lowest BCUT2D eigenvalue weighted by Crippen LogP contribution is -2.44. The average molecular weight is 459 g/mol. The Morgan fingerprint density at radius 3 is 2.79 bits per heavy atom. The first-order valence-corrected chi connectivity index (χ1v) is 11.1. The van der Waals surface area contributed by atoms with Crippen molar-refractivity contribution in [1.29, 1.82) is 0 Å². The number of carbonyl (C=O) groups excluding carboxylic acids is 2. The molecule has 1 aromatic heterocycles. The monoisotopic (exact) mass is 459 g/mol. The number of nitrogens with zero attached hydrogens (tertiary/aromatic N) is 2. The fourth-order valence-electron chi connectivity index (χ4n) is 5.27. The first kappa shape index (κ1) is 23.1. The largest absolute Gasteiger partial charge is 0.503 e. The molecular formula is C24H27F2N3O4. The summed E-state index contributed by atoms with van der Waals surface area (Å²) in [6, 6.07) is 3.35. The number of halogens is 2. The molecule has 0 saturated carbocycles. The summed E-state index contributed by atoms with van der Waals surface area (Å²) in [5.41, 5.74) is -1.33. The Labute approximate surface area is 190 Å². The molecule has 0 aliphatic carbocycles. The number of carbonyl (C=O) groups is 2. The summed E-state index contributed by atoms with van der Waals surface area (Å²) in [7, 11) is 2.00. The molecule has 3 heterocycles. The number of likely N-dealkylation sites (N-methyl/N-ethyl adjacent to an activating group) is 1. The molecule has 2 aliphatic rings. The Hall–Kier alpha value is -3.07. The van der Waals surface area contributed by atoms with Gasteiger partial charge in [-0.15, -0.1) is 0 Å². The molecule has 1 spiro atoms. The smallest absolute Gasteiger partial charge is 0.257 e. The number of amides is 1.